The maximum absolute atomic E-state index is 13.2. The number of rotatable bonds is 5. The molecule has 0 spiro atoms. The molecule has 0 atom stereocenters. The van der Waals surface area contributed by atoms with E-state index in [9.17, 15) is 9.90 Å². The van der Waals surface area contributed by atoms with Gasteiger partial charge in [0.25, 0.3) is 5.56 Å². The number of phenols is 1. The number of ether oxygens (including phenoxy) is 1. The van der Waals surface area contributed by atoms with E-state index >= 15 is 0 Å². The lowest BCUT2D eigenvalue weighted by atomic mass is 10.1. The Bertz CT molecular complexity index is 1380. The fraction of sp³-hybridized carbons (Fsp3) is 0.0417. The Morgan fingerprint density at radius 3 is 2.52 bits per heavy atom. The number of H-pyrrole nitrogens is 1. The van der Waals surface area contributed by atoms with Gasteiger partial charge in [-0.05, 0) is 60.2 Å². The van der Waals surface area contributed by atoms with E-state index < -0.39 is 0 Å². The number of para-hydroxylation sites is 1. The van der Waals surface area contributed by atoms with Crippen LogP contribution >= 0.6 is 23.4 Å². The standard InChI is InChI=1S/C24H19ClN2O3S/c1-30-23-14-16(7-12-22(23)28)13-20-21(15-31-19-10-8-17(25)9-11-19)26-27(24(20)29)18-5-3-2-4-6-18/h2-15,26,28H,1H3/b20-13+,21-15-. The number of aromatic nitrogens is 2. The van der Waals surface area contributed by atoms with Gasteiger partial charge in [-0.3, -0.25) is 9.89 Å². The van der Waals surface area contributed by atoms with Crippen LogP contribution in [0.25, 0.3) is 17.2 Å². The minimum atomic E-state index is -0.179. The third kappa shape index (κ3) is 4.71. The smallest absolute Gasteiger partial charge is 0.279 e. The summed E-state index contributed by atoms with van der Waals surface area (Å²) in [6.45, 7) is 0. The molecule has 0 amide bonds. The summed E-state index contributed by atoms with van der Waals surface area (Å²) in [6.07, 6.45) is 1.77. The van der Waals surface area contributed by atoms with E-state index in [0.717, 1.165) is 16.1 Å². The normalized spacial score (nSPS) is 12.3. The Hall–Kier alpha value is -3.35. The van der Waals surface area contributed by atoms with Crippen LogP contribution in [0.2, 0.25) is 5.02 Å². The minimum Gasteiger partial charge on any atom is -0.504 e. The van der Waals surface area contributed by atoms with Crippen LogP contribution in [0.5, 0.6) is 11.5 Å². The molecule has 0 bridgehead atoms. The third-order valence-corrected chi connectivity index (χ3v) is 5.76. The molecule has 156 valence electrons. The molecule has 0 fully saturated rings. The number of hydrogen-bond donors (Lipinski definition) is 2. The van der Waals surface area contributed by atoms with Crippen molar-refractivity contribution in [2.24, 2.45) is 0 Å². The highest BCUT2D eigenvalue weighted by Gasteiger charge is 2.07. The molecule has 0 radical (unpaired) electrons. The highest BCUT2D eigenvalue weighted by atomic mass is 35.5. The predicted molar refractivity (Wildman–Crippen MR) is 126 cm³/mol. The molecule has 0 unspecified atom stereocenters. The highest BCUT2D eigenvalue weighted by molar-refractivity contribution is 8.06. The van der Waals surface area contributed by atoms with Crippen molar-refractivity contribution in [3.8, 4) is 17.2 Å². The topological polar surface area (TPSA) is 67.2 Å². The summed E-state index contributed by atoms with van der Waals surface area (Å²) in [5.74, 6) is 0.384. The summed E-state index contributed by atoms with van der Waals surface area (Å²) in [6, 6.07) is 21.8. The zero-order chi connectivity index (χ0) is 21.8. The SMILES string of the molecule is COc1cc(/C=c2/c(=O)n(-c3ccccc3)[nH]/c2=C\Sc2ccc(Cl)cc2)ccc1O. The molecule has 0 aliphatic heterocycles. The van der Waals surface area contributed by atoms with Crippen LogP contribution in [-0.4, -0.2) is 22.0 Å². The molecular formula is C24H19ClN2O3S. The Kier molecular flexibility index (Phi) is 6.21. The van der Waals surface area contributed by atoms with Crippen LogP contribution in [0.1, 0.15) is 5.56 Å². The average Bonchev–Trinajstić information content (AvgIpc) is 3.10. The average molecular weight is 451 g/mol. The molecule has 4 rings (SSSR count). The molecule has 2 N–H and O–H groups in total. The number of aromatic amines is 1. The Morgan fingerprint density at radius 1 is 1.06 bits per heavy atom. The Balaban J connectivity index is 1.87. The number of phenolic OH excluding ortho intramolecular Hbond substituents is 1. The van der Waals surface area contributed by atoms with Gasteiger partial charge in [0.15, 0.2) is 11.5 Å². The number of nitrogens with zero attached hydrogens (tertiary/aromatic N) is 1. The molecule has 31 heavy (non-hydrogen) atoms. The van der Waals surface area contributed by atoms with Gasteiger partial charge in [0.1, 0.15) is 0 Å². The van der Waals surface area contributed by atoms with E-state index in [-0.39, 0.29) is 11.3 Å². The molecule has 0 saturated heterocycles. The van der Waals surface area contributed by atoms with Crippen molar-refractivity contribution < 1.29 is 9.84 Å². The molecule has 0 aliphatic carbocycles. The highest BCUT2D eigenvalue weighted by Crippen LogP contribution is 2.26. The first-order valence-electron chi connectivity index (χ1n) is 9.43. The number of thioether (sulfide) groups is 1. The fourth-order valence-corrected chi connectivity index (χ4v) is 3.90. The van der Waals surface area contributed by atoms with Gasteiger partial charge in [-0.1, -0.05) is 47.6 Å². The van der Waals surface area contributed by atoms with Gasteiger partial charge < -0.3 is 9.84 Å². The molecule has 0 aliphatic rings. The molecule has 0 saturated carbocycles. The molecule has 5 nitrogen and oxygen atoms in total. The monoisotopic (exact) mass is 450 g/mol. The maximum Gasteiger partial charge on any atom is 0.279 e. The van der Waals surface area contributed by atoms with Gasteiger partial charge in [-0.2, -0.15) is 0 Å². The second-order valence-electron chi connectivity index (χ2n) is 6.68. The van der Waals surface area contributed by atoms with E-state index in [2.05, 4.69) is 5.10 Å². The zero-order valence-corrected chi connectivity index (χ0v) is 18.2. The molecule has 3 aromatic carbocycles. The van der Waals surface area contributed by atoms with Crippen LogP contribution in [0.3, 0.4) is 0 Å². The zero-order valence-electron chi connectivity index (χ0n) is 16.6. The van der Waals surface area contributed by atoms with Gasteiger partial charge >= 0.3 is 0 Å². The Morgan fingerprint density at radius 2 is 1.81 bits per heavy atom. The number of benzene rings is 3. The van der Waals surface area contributed by atoms with Gasteiger partial charge in [0.05, 0.1) is 23.4 Å². The van der Waals surface area contributed by atoms with Crippen molar-refractivity contribution in [3.63, 3.8) is 0 Å². The van der Waals surface area contributed by atoms with Crippen molar-refractivity contribution in [1.82, 2.24) is 9.78 Å². The van der Waals surface area contributed by atoms with Crippen molar-refractivity contribution in [2.45, 2.75) is 4.90 Å². The van der Waals surface area contributed by atoms with Gasteiger partial charge in [0.2, 0.25) is 0 Å². The first kappa shape index (κ1) is 20.9. The van der Waals surface area contributed by atoms with Gasteiger partial charge in [-0.25, -0.2) is 4.68 Å². The van der Waals surface area contributed by atoms with E-state index in [1.54, 1.807) is 24.3 Å². The van der Waals surface area contributed by atoms with E-state index in [1.807, 2.05) is 60.0 Å². The lowest BCUT2D eigenvalue weighted by Gasteiger charge is -2.03. The second kappa shape index (κ2) is 9.20. The van der Waals surface area contributed by atoms with E-state index in [4.69, 9.17) is 16.3 Å². The van der Waals surface area contributed by atoms with E-state index in [0.29, 0.717) is 21.3 Å². The molecule has 1 heterocycles. The largest absolute Gasteiger partial charge is 0.504 e. The van der Waals surface area contributed by atoms with Crippen LogP contribution in [0.4, 0.5) is 0 Å². The number of nitrogens with one attached hydrogen (secondary N) is 1. The summed E-state index contributed by atoms with van der Waals surface area (Å²) < 4.78 is 6.70. The molecular weight excluding hydrogens is 432 g/mol. The summed E-state index contributed by atoms with van der Waals surface area (Å²) in [7, 11) is 1.49. The van der Waals surface area contributed by atoms with Crippen LogP contribution in [-0.2, 0) is 0 Å². The molecule has 4 aromatic rings. The van der Waals surface area contributed by atoms with Crippen molar-refractivity contribution >= 4 is 34.8 Å². The lowest BCUT2D eigenvalue weighted by molar-refractivity contribution is 0.373. The Labute approximate surface area is 187 Å². The molecule has 7 heteroatoms. The van der Waals surface area contributed by atoms with E-state index in [1.165, 1.54) is 23.6 Å². The van der Waals surface area contributed by atoms with Crippen molar-refractivity contribution in [1.29, 1.82) is 0 Å². The molecule has 1 aromatic heterocycles. The number of hydrogen-bond acceptors (Lipinski definition) is 4. The number of methoxy groups -OCH3 is 1. The summed E-state index contributed by atoms with van der Waals surface area (Å²) in [5.41, 5.74) is 1.29. The maximum atomic E-state index is 13.2. The van der Waals surface area contributed by atoms with Gasteiger partial charge in [0, 0.05) is 15.3 Å². The van der Waals surface area contributed by atoms with Crippen LogP contribution in [0.15, 0.2) is 82.5 Å². The first-order chi connectivity index (χ1) is 15.0. The minimum absolute atomic E-state index is 0.0421. The van der Waals surface area contributed by atoms with Crippen molar-refractivity contribution in [3.05, 3.63) is 104 Å². The number of aromatic hydroxyl groups is 1. The van der Waals surface area contributed by atoms with Crippen LogP contribution in [0, 0.1) is 0 Å². The second-order valence-corrected chi connectivity index (χ2v) is 8.06. The summed E-state index contributed by atoms with van der Waals surface area (Å²) in [5, 5.41) is 16.8. The lowest BCUT2D eigenvalue weighted by Crippen LogP contribution is -2.34. The van der Waals surface area contributed by atoms with Gasteiger partial charge in [-0.15, -0.1) is 0 Å². The predicted octanol–water partition coefficient (Wildman–Crippen LogP) is 3.89. The first-order valence-corrected chi connectivity index (χ1v) is 10.7. The number of halogens is 1. The summed E-state index contributed by atoms with van der Waals surface area (Å²) in [4.78, 5) is 14.2. The van der Waals surface area contributed by atoms with Crippen LogP contribution < -0.4 is 20.9 Å². The third-order valence-electron chi connectivity index (χ3n) is 4.61. The van der Waals surface area contributed by atoms with Crippen molar-refractivity contribution in [2.75, 3.05) is 7.11 Å². The fourth-order valence-electron chi connectivity index (χ4n) is 3.05. The quantitative estimate of drug-likeness (QED) is 0.453. The summed E-state index contributed by atoms with van der Waals surface area (Å²) >= 11 is 7.45.